The van der Waals surface area contributed by atoms with E-state index in [-0.39, 0.29) is 28.0 Å². The van der Waals surface area contributed by atoms with Crippen LogP contribution < -0.4 is 21.0 Å². The second kappa shape index (κ2) is 10.7. The maximum Gasteiger partial charge on any atom is 0.336 e. The molecule has 0 aliphatic carbocycles. The Balaban J connectivity index is 1.80. The summed E-state index contributed by atoms with van der Waals surface area (Å²) in [4.78, 5) is 56.4. The number of benzene rings is 3. The van der Waals surface area contributed by atoms with Crippen LogP contribution in [0.15, 0.2) is 76.3 Å². The van der Waals surface area contributed by atoms with E-state index in [2.05, 4.69) is 0 Å². The second-order valence-corrected chi connectivity index (χ2v) is 8.36. The van der Waals surface area contributed by atoms with E-state index < -0.39 is 29.7 Å². The zero-order chi connectivity index (χ0) is 26.7. The smallest absolute Gasteiger partial charge is 0.336 e. The number of carbonyl (C=O) groups excluding carboxylic acids is 1. The van der Waals surface area contributed by atoms with E-state index in [9.17, 15) is 19.2 Å². The van der Waals surface area contributed by atoms with Crippen LogP contribution in [-0.4, -0.2) is 40.3 Å². The Hall–Kier alpha value is -4.41. The highest BCUT2D eigenvalue weighted by Gasteiger charge is 2.22. The van der Waals surface area contributed by atoms with Gasteiger partial charge in [-0.15, -0.1) is 0 Å². The van der Waals surface area contributed by atoms with E-state index >= 15 is 0 Å². The summed E-state index contributed by atoms with van der Waals surface area (Å²) in [5, 5.41) is 10.5. The molecule has 1 amide bonds. The van der Waals surface area contributed by atoms with Gasteiger partial charge in [0.1, 0.15) is 12.3 Å². The minimum Gasteiger partial charge on any atom is -0.495 e. The fraction of sp³-hybridized carbons (Fsp3) is 0.154. The molecule has 190 valence electrons. The Morgan fingerprint density at radius 1 is 1.00 bits per heavy atom. The van der Waals surface area contributed by atoms with Gasteiger partial charge in [0.25, 0.3) is 11.5 Å². The molecular formula is C26H22ClN3O7. The maximum atomic E-state index is 13.6. The number of aliphatic carboxylic acids is 1. The molecule has 0 spiro atoms. The van der Waals surface area contributed by atoms with Gasteiger partial charge < -0.3 is 9.84 Å². The van der Waals surface area contributed by atoms with Crippen molar-refractivity contribution in [3.63, 3.8) is 0 Å². The first-order chi connectivity index (χ1) is 17.7. The monoisotopic (exact) mass is 523 g/mol. The van der Waals surface area contributed by atoms with Gasteiger partial charge in [-0.2, -0.15) is 5.06 Å². The largest absolute Gasteiger partial charge is 0.495 e. The molecule has 0 aliphatic heterocycles. The van der Waals surface area contributed by atoms with Crippen LogP contribution >= 0.6 is 11.6 Å². The number of aromatic nitrogens is 2. The molecule has 1 heterocycles. The number of anilines is 1. The number of halogens is 1. The molecule has 0 fully saturated rings. The molecule has 4 rings (SSSR count). The molecule has 0 aliphatic rings. The number of amides is 1. The van der Waals surface area contributed by atoms with E-state index in [4.69, 9.17) is 26.3 Å². The molecule has 0 unspecified atom stereocenters. The van der Waals surface area contributed by atoms with Crippen molar-refractivity contribution in [1.82, 2.24) is 9.13 Å². The van der Waals surface area contributed by atoms with Crippen molar-refractivity contribution in [2.45, 2.75) is 13.0 Å². The van der Waals surface area contributed by atoms with Crippen LogP contribution in [0.25, 0.3) is 16.6 Å². The third kappa shape index (κ3) is 5.11. The lowest BCUT2D eigenvalue weighted by Gasteiger charge is -2.22. The van der Waals surface area contributed by atoms with Crippen molar-refractivity contribution in [3.05, 3.63) is 98.2 Å². The Bertz CT molecular complexity index is 1610. The number of nitrogens with zero attached hydrogens (tertiary/aromatic N) is 3. The predicted molar refractivity (Wildman–Crippen MR) is 138 cm³/mol. The Morgan fingerprint density at radius 2 is 1.70 bits per heavy atom. The maximum absolute atomic E-state index is 13.6. The molecule has 3 aromatic carbocycles. The van der Waals surface area contributed by atoms with Gasteiger partial charge in [-0.25, -0.2) is 9.36 Å². The summed E-state index contributed by atoms with van der Waals surface area (Å²) in [6.07, 6.45) is -0.201. The Morgan fingerprint density at radius 3 is 2.32 bits per heavy atom. The van der Waals surface area contributed by atoms with E-state index in [0.717, 1.165) is 9.63 Å². The van der Waals surface area contributed by atoms with Gasteiger partial charge in [0.05, 0.1) is 47.9 Å². The number of carbonyl (C=O) groups is 2. The van der Waals surface area contributed by atoms with E-state index in [1.165, 1.54) is 49.1 Å². The van der Waals surface area contributed by atoms with Crippen LogP contribution in [0.1, 0.15) is 5.56 Å². The summed E-state index contributed by atoms with van der Waals surface area (Å²) >= 11 is 6.20. The highest BCUT2D eigenvalue weighted by Crippen LogP contribution is 2.29. The fourth-order valence-corrected chi connectivity index (χ4v) is 4.22. The highest BCUT2D eigenvalue weighted by molar-refractivity contribution is 6.32. The average molecular weight is 524 g/mol. The molecule has 0 atom stereocenters. The second-order valence-electron chi connectivity index (χ2n) is 7.95. The summed E-state index contributed by atoms with van der Waals surface area (Å²) in [6.45, 7) is -0.450. The number of hydroxylamine groups is 1. The number of hydrogen-bond acceptors (Lipinski definition) is 6. The molecule has 1 aromatic heterocycles. The summed E-state index contributed by atoms with van der Waals surface area (Å²) in [6, 6.07) is 17.1. The molecule has 0 saturated heterocycles. The first kappa shape index (κ1) is 25.7. The van der Waals surface area contributed by atoms with Gasteiger partial charge in [0.15, 0.2) is 0 Å². The lowest BCUT2D eigenvalue weighted by Crippen LogP contribution is -2.42. The van der Waals surface area contributed by atoms with Crippen molar-refractivity contribution >= 4 is 40.1 Å². The minimum atomic E-state index is -1.00. The van der Waals surface area contributed by atoms with Crippen LogP contribution in [0.3, 0.4) is 0 Å². The Labute approximate surface area is 215 Å². The first-order valence-corrected chi connectivity index (χ1v) is 11.4. The lowest BCUT2D eigenvalue weighted by atomic mass is 10.1. The van der Waals surface area contributed by atoms with Gasteiger partial charge in [0, 0.05) is 0 Å². The third-order valence-electron chi connectivity index (χ3n) is 5.67. The molecule has 10 nitrogen and oxygen atoms in total. The molecule has 0 radical (unpaired) electrons. The predicted octanol–water partition coefficient (Wildman–Crippen LogP) is 3.04. The zero-order valence-electron chi connectivity index (χ0n) is 19.9. The van der Waals surface area contributed by atoms with Crippen LogP contribution in [0, 0.1) is 0 Å². The molecule has 1 N–H and O–H groups in total. The highest BCUT2D eigenvalue weighted by atomic mass is 35.5. The van der Waals surface area contributed by atoms with E-state index in [1.807, 2.05) is 0 Å². The van der Waals surface area contributed by atoms with Crippen molar-refractivity contribution in [2.75, 3.05) is 19.3 Å². The number of para-hydroxylation sites is 1. The minimum absolute atomic E-state index is 0.201. The van der Waals surface area contributed by atoms with E-state index in [1.54, 1.807) is 36.4 Å². The summed E-state index contributed by atoms with van der Waals surface area (Å²) in [7, 11) is 2.77. The number of carboxylic acid groups (broad SMARTS) is 1. The molecule has 0 saturated carbocycles. The molecular weight excluding hydrogens is 502 g/mol. The average Bonchev–Trinajstić information content (AvgIpc) is 2.88. The standard InChI is InChI=1S/C26H22ClN3O7/c1-36-22-12-11-18(14-20(22)27)30(37-2)23(31)15-28-21-6-4-3-5-19(21)25(34)29(26(28)35)17-9-7-16(8-10-17)13-24(32)33/h3-12,14H,13,15H2,1-2H3,(H,32,33). The SMILES string of the molecule is COc1ccc(N(OC)C(=O)Cn2c(=O)n(-c3ccc(CC(=O)O)cc3)c(=O)c3ccccc32)cc1Cl. The number of carboxylic acids is 1. The first-order valence-electron chi connectivity index (χ1n) is 11.0. The van der Waals surface area contributed by atoms with Crippen molar-refractivity contribution < 1.29 is 24.3 Å². The molecule has 37 heavy (non-hydrogen) atoms. The molecule has 11 heteroatoms. The van der Waals surface area contributed by atoms with Crippen LogP contribution in [0.2, 0.25) is 5.02 Å². The fourth-order valence-electron chi connectivity index (χ4n) is 3.97. The van der Waals surface area contributed by atoms with Gasteiger partial charge in [-0.05, 0) is 48.0 Å². The van der Waals surface area contributed by atoms with Gasteiger partial charge in [-0.1, -0.05) is 35.9 Å². The quantitative estimate of drug-likeness (QED) is 0.352. The summed E-state index contributed by atoms with van der Waals surface area (Å²) < 4.78 is 7.27. The number of fused-ring (bicyclic) bond motifs is 1. The number of rotatable bonds is 8. The number of ether oxygens (including phenoxy) is 1. The van der Waals surface area contributed by atoms with Crippen LogP contribution in [0.5, 0.6) is 5.75 Å². The summed E-state index contributed by atoms with van der Waals surface area (Å²) in [5.74, 6) is -1.19. The zero-order valence-corrected chi connectivity index (χ0v) is 20.6. The van der Waals surface area contributed by atoms with Gasteiger partial charge in [-0.3, -0.25) is 23.8 Å². The van der Waals surface area contributed by atoms with Crippen LogP contribution in [-0.2, 0) is 27.4 Å². The normalized spacial score (nSPS) is 10.9. The van der Waals surface area contributed by atoms with Gasteiger partial charge >= 0.3 is 11.7 Å². The number of methoxy groups -OCH3 is 1. The van der Waals surface area contributed by atoms with Gasteiger partial charge in [0.2, 0.25) is 0 Å². The topological polar surface area (TPSA) is 120 Å². The van der Waals surface area contributed by atoms with Crippen LogP contribution in [0.4, 0.5) is 5.69 Å². The third-order valence-corrected chi connectivity index (χ3v) is 5.97. The molecule has 0 bridgehead atoms. The van der Waals surface area contributed by atoms with Crippen molar-refractivity contribution in [2.24, 2.45) is 0 Å². The molecule has 4 aromatic rings. The summed E-state index contributed by atoms with van der Waals surface area (Å²) in [5.41, 5.74) is 0.0233. The Kier molecular flexibility index (Phi) is 7.42. The van der Waals surface area contributed by atoms with Crippen molar-refractivity contribution in [3.8, 4) is 11.4 Å². The van der Waals surface area contributed by atoms with Crippen molar-refractivity contribution in [1.29, 1.82) is 0 Å². The van der Waals surface area contributed by atoms with E-state index in [0.29, 0.717) is 17.0 Å². The number of hydrogen-bond donors (Lipinski definition) is 1. The lowest BCUT2D eigenvalue weighted by molar-refractivity contribution is -0.136.